The first kappa shape index (κ1) is 33.2. The van der Waals surface area contributed by atoms with Crippen molar-refractivity contribution in [3.05, 3.63) is 64.2 Å². The Kier molecular flexibility index (Phi) is 14.9. The highest BCUT2D eigenvalue weighted by Gasteiger charge is 2.26. The van der Waals surface area contributed by atoms with Crippen LogP contribution in [0.1, 0.15) is 18.1 Å². The molecule has 41 heavy (non-hydrogen) atoms. The standard InChI is InChI=1S/C25H33N7O8S/c1-20(33)17-29-25(34)40-19-21-2-5-23(6-3-21)32(41(35,36)24-7-4-22(16-26)18-28-24)9-11-38-13-15-39-14-12-37-10-8-30-31-27/h2-7,18,20,33H,8-15,17,19H2,1H3,(H,29,34)/t20-/m0/s1. The number of nitriles is 1. The van der Waals surface area contributed by atoms with E-state index < -0.39 is 22.2 Å². The largest absolute Gasteiger partial charge is 0.445 e. The van der Waals surface area contributed by atoms with Gasteiger partial charge in [0, 0.05) is 24.2 Å². The quantitative estimate of drug-likeness (QED) is 0.105. The Hall–Kier alpha value is -3.97. The van der Waals surface area contributed by atoms with Crippen LogP contribution in [-0.4, -0.2) is 90.0 Å². The number of ether oxygens (including phenoxy) is 4. The van der Waals surface area contributed by atoms with Crippen LogP contribution in [0.15, 0.2) is 52.7 Å². The summed E-state index contributed by atoms with van der Waals surface area (Å²) in [5.41, 5.74) is 9.37. The van der Waals surface area contributed by atoms with E-state index in [0.29, 0.717) is 31.1 Å². The maximum absolute atomic E-state index is 13.5. The minimum absolute atomic E-state index is 0.0376. The predicted octanol–water partition coefficient (Wildman–Crippen LogP) is 2.12. The van der Waals surface area contributed by atoms with E-state index in [2.05, 4.69) is 20.3 Å². The number of sulfonamides is 1. The molecule has 16 heteroatoms. The van der Waals surface area contributed by atoms with Crippen molar-refractivity contribution in [1.29, 1.82) is 5.26 Å². The van der Waals surface area contributed by atoms with Crippen molar-refractivity contribution in [2.24, 2.45) is 5.11 Å². The summed E-state index contributed by atoms with van der Waals surface area (Å²) in [4.78, 5) is 18.3. The van der Waals surface area contributed by atoms with Crippen LogP contribution in [0.5, 0.6) is 0 Å². The van der Waals surface area contributed by atoms with Crippen LogP contribution in [0.3, 0.4) is 0 Å². The third kappa shape index (κ3) is 12.4. The summed E-state index contributed by atoms with van der Waals surface area (Å²) in [6.07, 6.45) is -0.216. The number of anilines is 1. The monoisotopic (exact) mass is 591 g/mol. The van der Waals surface area contributed by atoms with Gasteiger partial charge in [0.2, 0.25) is 0 Å². The van der Waals surface area contributed by atoms with E-state index in [9.17, 15) is 18.3 Å². The number of nitrogens with zero attached hydrogens (tertiary/aromatic N) is 6. The smallest absolute Gasteiger partial charge is 0.407 e. The lowest BCUT2D eigenvalue weighted by Crippen LogP contribution is -2.35. The molecule has 1 amide bonds. The van der Waals surface area contributed by atoms with Crippen molar-refractivity contribution < 1.29 is 37.3 Å². The van der Waals surface area contributed by atoms with Crippen LogP contribution in [0.4, 0.5) is 10.5 Å². The number of aliphatic hydroxyl groups is 1. The maximum atomic E-state index is 13.5. The van der Waals surface area contributed by atoms with Gasteiger partial charge in [-0.2, -0.15) is 13.7 Å². The van der Waals surface area contributed by atoms with Gasteiger partial charge in [-0.1, -0.05) is 17.2 Å². The Balaban J connectivity index is 1.97. The number of aromatic nitrogens is 1. The Labute approximate surface area is 238 Å². The first-order valence-corrected chi connectivity index (χ1v) is 14.0. The van der Waals surface area contributed by atoms with E-state index in [1.807, 2.05) is 6.07 Å². The normalized spacial score (nSPS) is 11.6. The molecule has 0 saturated carbocycles. The summed E-state index contributed by atoms with van der Waals surface area (Å²) in [6, 6.07) is 10.9. The predicted molar refractivity (Wildman–Crippen MR) is 146 cm³/mol. The number of alkyl carbamates (subject to hydrolysis) is 1. The highest BCUT2D eigenvalue weighted by atomic mass is 32.2. The molecule has 0 unspecified atom stereocenters. The Morgan fingerprint density at radius 3 is 2.37 bits per heavy atom. The lowest BCUT2D eigenvalue weighted by Gasteiger charge is -2.24. The molecular formula is C25H33N7O8S. The topological polar surface area (TPSA) is 209 Å². The van der Waals surface area contributed by atoms with Gasteiger partial charge in [0.05, 0.1) is 63.5 Å². The van der Waals surface area contributed by atoms with Crippen LogP contribution >= 0.6 is 0 Å². The second-order valence-electron chi connectivity index (χ2n) is 8.34. The summed E-state index contributed by atoms with van der Waals surface area (Å²) in [6.45, 7) is 3.22. The van der Waals surface area contributed by atoms with Crippen molar-refractivity contribution in [3.63, 3.8) is 0 Å². The molecule has 0 aliphatic heterocycles. The van der Waals surface area contributed by atoms with Crippen LogP contribution in [-0.2, 0) is 35.6 Å². The molecule has 0 fully saturated rings. The average Bonchev–Trinajstić information content (AvgIpc) is 2.97. The molecule has 2 rings (SSSR count). The van der Waals surface area contributed by atoms with Crippen LogP contribution < -0.4 is 9.62 Å². The third-order valence-electron chi connectivity index (χ3n) is 5.14. The number of azide groups is 1. The molecule has 1 aromatic carbocycles. The van der Waals surface area contributed by atoms with E-state index in [-0.39, 0.29) is 56.7 Å². The Bertz CT molecular complexity index is 1260. The number of nitrogens with one attached hydrogen (secondary N) is 1. The number of benzene rings is 1. The van der Waals surface area contributed by atoms with E-state index in [0.717, 1.165) is 4.31 Å². The first-order valence-electron chi connectivity index (χ1n) is 12.6. The minimum Gasteiger partial charge on any atom is -0.445 e. The third-order valence-corrected chi connectivity index (χ3v) is 6.88. The van der Waals surface area contributed by atoms with Gasteiger partial charge in [0.25, 0.3) is 10.0 Å². The summed E-state index contributed by atoms with van der Waals surface area (Å²) in [5.74, 6) is 0. The fourth-order valence-electron chi connectivity index (χ4n) is 3.13. The van der Waals surface area contributed by atoms with E-state index in [1.54, 1.807) is 24.3 Å². The summed E-state index contributed by atoms with van der Waals surface area (Å²) in [7, 11) is -4.11. The number of hydrogen-bond acceptors (Lipinski definition) is 11. The number of hydrogen-bond donors (Lipinski definition) is 2. The number of aliphatic hydroxyl groups excluding tert-OH is 1. The van der Waals surface area contributed by atoms with Gasteiger partial charge < -0.3 is 29.4 Å². The number of carbonyl (C=O) groups is 1. The van der Waals surface area contributed by atoms with Gasteiger partial charge in [0.1, 0.15) is 12.7 Å². The van der Waals surface area contributed by atoms with Gasteiger partial charge >= 0.3 is 6.09 Å². The molecule has 1 aromatic heterocycles. The highest BCUT2D eigenvalue weighted by molar-refractivity contribution is 7.92. The zero-order valence-electron chi connectivity index (χ0n) is 22.6. The molecule has 0 radical (unpaired) electrons. The summed E-state index contributed by atoms with van der Waals surface area (Å²) < 4.78 is 49.3. The van der Waals surface area contributed by atoms with Crippen molar-refractivity contribution in [2.75, 3.05) is 63.6 Å². The molecule has 0 bridgehead atoms. The lowest BCUT2D eigenvalue weighted by molar-refractivity contribution is 0.0176. The second kappa shape index (κ2) is 18.4. The minimum atomic E-state index is -4.11. The summed E-state index contributed by atoms with van der Waals surface area (Å²) >= 11 is 0. The zero-order valence-corrected chi connectivity index (χ0v) is 23.4. The van der Waals surface area contributed by atoms with Crippen LogP contribution in [0.2, 0.25) is 0 Å². The van der Waals surface area contributed by atoms with E-state index >= 15 is 0 Å². The van der Waals surface area contributed by atoms with Crippen molar-refractivity contribution >= 4 is 21.8 Å². The molecule has 2 N–H and O–H groups in total. The number of carbonyl (C=O) groups excluding carboxylic acids is 1. The van der Waals surface area contributed by atoms with Gasteiger partial charge in [0.15, 0.2) is 5.03 Å². The van der Waals surface area contributed by atoms with Crippen LogP contribution in [0, 0.1) is 11.3 Å². The fraction of sp³-hybridized carbons (Fsp3) is 0.480. The van der Waals surface area contributed by atoms with Crippen LogP contribution in [0.25, 0.3) is 10.4 Å². The number of pyridine rings is 1. The first-order chi connectivity index (χ1) is 19.8. The number of rotatable bonds is 19. The molecule has 1 atom stereocenters. The molecule has 0 saturated heterocycles. The Morgan fingerprint density at radius 1 is 1.12 bits per heavy atom. The maximum Gasteiger partial charge on any atom is 0.407 e. The average molecular weight is 592 g/mol. The van der Waals surface area contributed by atoms with Crippen molar-refractivity contribution in [2.45, 2.75) is 24.7 Å². The summed E-state index contributed by atoms with van der Waals surface area (Å²) in [5, 5.41) is 23.8. The lowest BCUT2D eigenvalue weighted by atomic mass is 10.2. The molecule has 0 spiro atoms. The van der Waals surface area contributed by atoms with Crippen molar-refractivity contribution in [1.82, 2.24) is 10.3 Å². The molecule has 1 heterocycles. The van der Waals surface area contributed by atoms with E-state index in [1.165, 1.54) is 25.3 Å². The highest BCUT2D eigenvalue weighted by Crippen LogP contribution is 2.23. The van der Waals surface area contributed by atoms with Gasteiger partial charge in [-0.05, 0) is 42.3 Å². The van der Waals surface area contributed by atoms with Crippen molar-refractivity contribution in [3.8, 4) is 6.07 Å². The SMILES string of the molecule is C[C@H](O)CNC(=O)OCc1ccc(N(CCOCCOCCOCCN=[N+]=[N-])S(=O)(=O)c2ccc(C#N)cn2)cc1. The molecule has 0 aliphatic rings. The van der Waals surface area contributed by atoms with Gasteiger partial charge in [-0.25, -0.2) is 9.78 Å². The second-order valence-corrected chi connectivity index (χ2v) is 10.1. The molecule has 0 aliphatic carbocycles. The zero-order chi connectivity index (χ0) is 29.9. The fourth-order valence-corrected chi connectivity index (χ4v) is 4.49. The Morgan fingerprint density at radius 2 is 1.78 bits per heavy atom. The van der Waals surface area contributed by atoms with E-state index in [4.69, 9.17) is 29.7 Å². The molecule has 15 nitrogen and oxygen atoms in total. The van der Waals surface area contributed by atoms with Gasteiger partial charge in [-0.15, -0.1) is 0 Å². The molecular weight excluding hydrogens is 558 g/mol. The molecule has 2 aromatic rings. The number of amides is 1. The molecule has 222 valence electrons. The van der Waals surface area contributed by atoms with Gasteiger partial charge in [-0.3, -0.25) is 4.31 Å².